The van der Waals surface area contributed by atoms with Crippen LogP contribution in [0.2, 0.25) is 0 Å². The summed E-state index contributed by atoms with van der Waals surface area (Å²) in [6.07, 6.45) is 7.19. The lowest BCUT2D eigenvalue weighted by Gasteiger charge is -2.11. The van der Waals surface area contributed by atoms with Crippen LogP contribution in [0.1, 0.15) is 55.1 Å². The van der Waals surface area contributed by atoms with Gasteiger partial charge in [0.1, 0.15) is 0 Å². The molecule has 22 heavy (non-hydrogen) atoms. The first kappa shape index (κ1) is 16.0. The summed E-state index contributed by atoms with van der Waals surface area (Å²) in [5.41, 5.74) is 0.441. The molecule has 6 nitrogen and oxygen atoms in total. The Morgan fingerprint density at radius 2 is 2.14 bits per heavy atom. The molecule has 2 N–H and O–H groups in total. The topological polar surface area (TPSA) is 86.7 Å². The summed E-state index contributed by atoms with van der Waals surface area (Å²) in [4.78, 5) is 26.5. The number of aromatic amines is 1. The van der Waals surface area contributed by atoms with Gasteiger partial charge in [0.2, 0.25) is 5.56 Å². The van der Waals surface area contributed by atoms with Crippen LogP contribution in [-0.2, 0) is 0 Å². The van der Waals surface area contributed by atoms with Crippen molar-refractivity contribution in [1.29, 1.82) is 0 Å². The van der Waals surface area contributed by atoms with Gasteiger partial charge in [0.15, 0.2) is 5.66 Å². The molecule has 6 heteroatoms. The van der Waals surface area contributed by atoms with Crippen LogP contribution in [0.25, 0.3) is 0 Å². The Hall–Kier alpha value is -2.42. The molecular formula is C16H20N4O2. The fraction of sp³-hybridized carbons (Fsp3) is 0.500. The molecule has 2 heterocycles. The Kier molecular flexibility index (Phi) is 4.76. The van der Waals surface area contributed by atoms with Gasteiger partial charge in [-0.1, -0.05) is 13.8 Å². The molecule has 1 amide bonds. The van der Waals surface area contributed by atoms with Gasteiger partial charge in [-0.15, -0.1) is 12.3 Å². The molecule has 0 spiro atoms. The van der Waals surface area contributed by atoms with E-state index >= 15 is 0 Å². The maximum absolute atomic E-state index is 12.1. The number of terminal acetylenes is 1. The Morgan fingerprint density at radius 3 is 2.73 bits per heavy atom. The van der Waals surface area contributed by atoms with E-state index in [1.54, 1.807) is 6.07 Å². The smallest absolute Gasteiger partial charge is 0.251 e. The largest absolute Gasteiger partial charge is 0.352 e. The molecule has 0 aromatic carbocycles. The predicted molar refractivity (Wildman–Crippen MR) is 83.8 cm³/mol. The van der Waals surface area contributed by atoms with Crippen molar-refractivity contribution in [3.8, 4) is 12.3 Å². The quantitative estimate of drug-likeness (QED) is 0.756. The lowest BCUT2D eigenvalue weighted by Crippen LogP contribution is -2.29. The lowest BCUT2D eigenvalue weighted by atomic mass is 10.0. The summed E-state index contributed by atoms with van der Waals surface area (Å²) >= 11 is 0. The van der Waals surface area contributed by atoms with E-state index in [9.17, 15) is 9.59 Å². The average molecular weight is 300 g/mol. The number of H-pyrrole nitrogens is 1. The summed E-state index contributed by atoms with van der Waals surface area (Å²) < 4.78 is 0. The second-order valence-electron chi connectivity index (χ2n) is 5.74. The van der Waals surface area contributed by atoms with Crippen molar-refractivity contribution in [2.75, 3.05) is 6.54 Å². The highest BCUT2D eigenvalue weighted by atomic mass is 16.2. The van der Waals surface area contributed by atoms with Gasteiger partial charge in [0.25, 0.3) is 5.91 Å². The second kappa shape index (κ2) is 6.56. The molecule has 0 radical (unpaired) electrons. The third kappa shape index (κ3) is 4.04. The molecule has 1 aromatic heterocycles. The van der Waals surface area contributed by atoms with E-state index in [1.807, 2.05) is 13.8 Å². The number of nitrogens with zero attached hydrogens (tertiary/aromatic N) is 2. The van der Waals surface area contributed by atoms with E-state index < -0.39 is 5.66 Å². The van der Waals surface area contributed by atoms with Gasteiger partial charge in [-0.3, -0.25) is 9.59 Å². The first-order valence-corrected chi connectivity index (χ1v) is 7.36. The van der Waals surface area contributed by atoms with Crippen LogP contribution in [0.3, 0.4) is 0 Å². The summed E-state index contributed by atoms with van der Waals surface area (Å²) in [5.74, 6) is 2.45. The average Bonchev–Trinajstić information content (AvgIpc) is 3.24. The Morgan fingerprint density at radius 1 is 1.41 bits per heavy atom. The Balaban J connectivity index is 1.90. The number of hydrogen-bond acceptors (Lipinski definition) is 4. The monoisotopic (exact) mass is 300 g/mol. The normalized spacial score (nSPS) is 14.6. The fourth-order valence-corrected chi connectivity index (χ4v) is 2.15. The molecule has 0 fully saturated rings. The van der Waals surface area contributed by atoms with Crippen molar-refractivity contribution in [3.63, 3.8) is 0 Å². The number of nitrogens with one attached hydrogen (secondary N) is 2. The fourth-order valence-electron chi connectivity index (χ4n) is 2.15. The van der Waals surface area contributed by atoms with Gasteiger partial charge >= 0.3 is 0 Å². The van der Waals surface area contributed by atoms with E-state index in [2.05, 4.69) is 26.4 Å². The zero-order chi connectivity index (χ0) is 16.2. The van der Waals surface area contributed by atoms with E-state index in [1.165, 1.54) is 6.07 Å². The number of carbonyl (C=O) groups excluding carboxylic acids is 1. The standard InChI is InChI=1S/C16H20N4O2/c1-4-5-6-16(19-20-16)7-8-17-15(22)12-9-13(11(2)3)18-14(21)10-12/h1,9-11H,5-8H2,2-3H3,(H,17,22)(H,18,21). The molecule has 0 saturated heterocycles. The molecule has 0 saturated carbocycles. The predicted octanol–water partition coefficient (Wildman–Crippen LogP) is 2.19. The minimum Gasteiger partial charge on any atom is -0.352 e. The van der Waals surface area contributed by atoms with Crippen molar-refractivity contribution in [3.05, 3.63) is 33.7 Å². The first-order chi connectivity index (χ1) is 10.5. The van der Waals surface area contributed by atoms with E-state index in [4.69, 9.17) is 6.42 Å². The first-order valence-electron chi connectivity index (χ1n) is 7.36. The molecule has 0 unspecified atom stereocenters. The van der Waals surface area contributed by atoms with E-state index in [0.717, 1.165) is 5.69 Å². The Labute approximate surface area is 129 Å². The van der Waals surface area contributed by atoms with Crippen LogP contribution >= 0.6 is 0 Å². The summed E-state index contributed by atoms with van der Waals surface area (Å²) in [5, 5.41) is 10.8. The molecule has 0 bridgehead atoms. The van der Waals surface area contributed by atoms with Crippen molar-refractivity contribution in [2.45, 2.75) is 44.7 Å². The minimum absolute atomic E-state index is 0.150. The minimum atomic E-state index is -0.406. The van der Waals surface area contributed by atoms with Crippen LogP contribution < -0.4 is 10.9 Å². The SMILES string of the molecule is C#CCCC1(CCNC(=O)c2cc(C(C)C)[nH]c(=O)c2)N=N1. The van der Waals surface area contributed by atoms with Crippen LogP contribution in [0.5, 0.6) is 0 Å². The molecule has 1 aliphatic heterocycles. The molecule has 1 aliphatic rings. The van der Waals surface area contributed by atoms with Crippen molar-refractivity contribution >= 4 is 5.91 Å². The maximum Gasteiger partial charge on any atom is 0.251 e. The number of carbonyl (C=O) groups is 1. The summed E-state index contributed by atoms with van der Waals surface area (Å²) in [6.45, 7) is 4.36. The van der Waals surface area contributed by atoms with Gasteiger partial charge in [-0.05, 0) is 12.0 Å². The van der Waals surface area contributed by atoms with Gasteiger partial charge in [-0.25, -0.2) is 0 Å². The molecule has 1 aromatic rings. The lowest BCUT2D eigenvalue weighted by molar-refractivity contribution is 0.0951. The number of pyridine rings is 1. The molecular weight excluding hydrogens is 280 g/mol. The summed E-state index contributed by atoms with van der Waals surface area (Å²) in [6, 6.07) is 3.02. The maximum atomic E-state index is 12.1. The van der Waals surface area contributed by atoms with Crippen LogP contribution in [0.4, 0.5) is 0 Å². The zero-order valence-corrected chi connectivity index (χ0v) is 12.8. The van der Waals surface area contributed by atoms with Gasteiger partial charge in [0.05, 0.1) is 0 Å². The highest BCUT2D eigenvalue weighted by Crippen LogP contribution is 2.36. The van der Waals surface area contributed by atoms with Gasteiger partial charge in [-0.2, -0.15) is 10.2 Å². The third-order valence-corrected chi connectivity index (χ3v) is 3.61. The van der Waals surface area contributed by atoms with Crippen molar-refractivity contribution < 1.29 is 4.79 Å². The molecule has 2 rings (SSSR count). The highest BCUT2D eigenvalue weighted by molar-refractivity contribution is 5.94. The molecule has 0 aliphatic carbocycles. The van der Waals surface area contributed by atoms with E-state index in [-0.39, 0.29) is 17.4 Å². The highest BCUT2D eigenvalue weighted by Gasteiger charge is 2.38. The number of amides is 1. The number of hydrogen-bond donors (Lipinski definition) is 2. The van der Waals surface area contributed by atoms with Crippen molar-refractivity contribution in [2.24, 2.45) is 10.2 Å². The molecule has 0 atom stereocenters. The number of rotatable bonds is 7. The van der Waals surface area contributed by atoms with E-state index in [0.29, 0.717) is 31.4 Å². The third-order valence-electron chi connectivity index (χ3n) is 3.61. The van der Waals surface area contributed by atoms with Crippen LogP contribution in [0, 0.1) is 12.3 Å². The molecule has 116 valence electrons. The van der Waals surface area contributed by atoms with Crippen LogP contribution in [-0.4, -0.2) is 23.1 Å². The van der Waals surface area contributed by atoms with Gasteiger partial charge in [0, 0.05) is 43.1 Å². The zero-order valence-electron chi connectivity index (χ0n) is 12.8. The number of aromatic nitrogens is 1. The van der Waals surface area contributed by atoms with Crippen molar-refractivity contribution in [1.82, 2.24) is 10.3 Å². The second-order valence-corrected chi connectivity index (χ2v) is 5.74. The summed E-state index contributed by atoms with van der Waals surface area (Å²) in [7, 11) is 0. The van der Waals surface area contributed by atoms with Gasteiger partial charge < -0.3 is 10.3 Å². The van der Waals surface area contributed by atoms with Crippen LogP contribution in [0.15, 0.2) is 27.2 Å². The Bertz CT molecular complexity index is 676.